The molecule has 5 rings (SSSR count). The van der Waals surface area contributed by atoms with Crippen LogP contribution in [0.5, 0.6) is 0 Å². The number of aryl methyl sites for hydroxylation is 1. The topological polar surface area (TPSA) is 139 Å². The quantitative estimate of drug-likeness (QED) is 0.365. The van der Waals surface area contributed by atoms with Crippen LogP contribution >= 0.6 is 11.6 Å². The second-order valence-corrected chi connectivity index (χ2v) is 12.0. The van der Waals surface area contributed by atoms with Crippen molar-refractivity contribution in [2.75, 3.05) is 40.5 Å². The van der Waals surface area contributed by atoms with E-state index in [9.17, 15) is 19.1 Å². The standard InChI is InChI=1S/C29H33ClF3N5O7/c1-14-22(34-13-44-14)25-35-18(21(26(39)43-5)23(36-25)16-7-6-15(31)8-17(16)30)9-37-12-29(32,33)24-19(37)11-45-38(24)10-20(42-4)28(2,3)27(40)41/h6-8,13,19-20,23-24H,9-12H2,1-5H3,(H,35,36)(H,40,41)/t19-,20+,23+,24+/m1/s1. The number of carbonyl (C=O) groups excluding carboxylic acids is 1. The lowest BCUT2D eigenvalue weighted by molar-refractivity contribution is -0.205. The van der Waals surface area contributed by atoms with E-state index in [1.54, 1.807) is 6.92 Å². The van der Waals surface area contributed by atoms with E-state index in [0.29, 0.717) is 11.5 Å². The summed E-state index contributed by atoms with van der Waals surface area (Å²) in [4.78, 5) is 41.2. The number of aromatic nitrogens is 1. The Morgan fingerprint density at radius 3 is 2.64 bits per heavy atom. The lowest BCUT2D eigenvalue weighted by Crippen LogP contribution is -2.51. The Hall–Kier alpha value is -3.50. The minimum absolute atomic E-state index is 0.00721. The number of methoxy groups -OCH3 is 2. The van der Waals surface area contributed by atoms with Crippen molar-refractivity contribution >= 4 is 29.4 Å². The predicted octanol–water partition coefficient (Wildman–Crippen LogP) is 3.35. The maximum absolute atomic E-state index is 15.7. The van der Waals surface area contributed by atoms with Gasteiger partial charge in [-0.1, -0.05) is 17.7 Å². The molecule has 0 radical (unpaired) electrons. The summed E-state index contributed by atoms with van der Waals surface area (Å²) in [5.41, 5.74) is -0.617. The van der Waals surface area contributed by atoms with Crippen molar-refractivity contribution in [2.45, 2.75) is 50.9 Å². The number of esters is 1. The normalized spacial score (nSPS) is 24.3. The number of halogens is 4. The second-order valence-electron chi connectivity index (χ2n) is 11.6. The van der Waals surface area contributed by atoms with Crippen molar-refractivity contribution in [2.24, 2.45) is 10.4 Å². The summed E-state index contributed by atoms with van der Waals surface area (Å²) in [6.07, 6.45) is 0.251. The highest BCUT2D eigenvalue weighted by atomic mass is 35.5. The van der Waals surface area contributed by atoms with Gasteiger partial charge in [-0.2, -0.15) is 5.06 Å². The number of nitrogens with one attached hydrogen (secondary N) is 1. The summed E-state index contributed by atoms with van der Waals surface area (Å²) in [5, 5.41) is 13.8. The summed E-state index contributed by atoms with van der Waals surface area (Å²) in [5.74, 6) is -5.25. The third-order valence-corrected chi connectivity index (χ3v) is 8.83. The maximum Gasteiger partial charge on any atom is 0.338 e. The van der Waals surface area contributed by atoms with Crippen LogP contribution in [0, 0.1) is 18.2 Å². The number of carboxylic acids is 1. The predicted molar refractivity (Wildman–Crippen MR) is 153 cm³/mol. The fraction of sp³-hybridized carbons (Fsp3) is 0.517. The number of fused-ring (bicyclic) bond motifs is 1. The van der Waals surface area contributed by atoms with Gasteiger partial charge in [-0.05, 0) is 32.9 Å². The number of ether oxygens (including phenoxy) is 2. The highest BCUT2D eigenvalue weighted by Crippen LogP contribution is 2.43. The van der Waals surface area contributed by atoms with Crippen LogP contribution in [0.2, 0.25) is 5.02 Å². The highest BCUT2D eigenvalue weighted by Gasteiger charge is 2.61. The first-order valence-electron chi connectivity index (χ1n) is 14.0. The van der Waals surface area contributed by atoms with Gasteiger partial charge in [0.2, 0.25) is 0 Å². The number of nitrogens with zero attached hydrogens (tertiary/aromatic N) is 4. The van der Waals surface area contributed by atoms with Gasteiger partial charge in [0, 0.05) is 29.9 Å². The fourth-order valence-corrected chi connectivity index (χ4v) is 6.20. The lowest BCUT2D eigenvalue weighted by Gasteiger charge is -2.34. The molecule has 45 heavy (non-hydrogen) atoms. The monoisotopic (exact) mass is 655 g/mol. The molecular weight excluding hydrogens is 623 g/mol. The Morgan fingerprint density at radius 1 is 1.31 bits per heavy atom. The number of rotatable bonds is 10. The van der Waals surface area contributed by atoms with E-state index in [-0.39, 0.29) is 47.4 Å². The van der Waals surface area contributed by atoms with Gasteiger partial charge in [0.15, 0.2) is 12.2 Å². The van der Waals surface area contributed by atoms with Crippen LogP contribution in [0.25, 0.3) is 0 Å². The Morgan fingerprint density at radius 2 is 2.04 bits per heavy atom. The van der Waals surface area contributed by atoms with Crippen LogP contribution in [0.4, 0.5) is 13.2 Å². The van der Waals surface area contributed by atoms with Crippen LogP contribution in [0.1, 0.15) is 36.9 Å². The smallest absolute Gasteiger partial charge is 0.338 e. The van der Waals surface area contributed by atoms with E-state index in [0.717, 1.165) is 11.1 Å². The average Bonchev–Trinajstić information content (AvgIpc) is 3.67. The highest BCUT2D eigenvalue weighted by molar-refractivity contribution is 6.31. The summed E-state index contributed by atoms with van der Waals surface area (Å²) in [6.45, 7) is 3.32. The molecule has 0 aliphatic carbocycles. The number of oxazole rings is 1. The molecule has 4 atom stereocenters. The van der Waals surface area contributed by atoms with Crippen LogP contribution in [0.15, 0.2) is 45.3 Å². The molecule has 12 nitrogen and oxygen atoms in total. The number of aliphatic imine (C=N–C) groups is 1. The Labute approximate surface area is 261 Å². The molecule has 3 aliphatic heterocycles. The molecule has 0 bridgehead atoms. The molecule has 2 aromatic rings. The zero-order valence-corrected chi connectivity index (χ0v) is 25.9. The van der Waals surface area contributed by atoms with E-state index in [2.05, 4.69) is 15.3 Å². The summed E-state index contributed by atoms with van der Waals surface area (Å²) in [7, 11) is 2.49. The third-order valence-electron chi connectivity index (χ3n) is 8.51. The number of amidine groups is 1. The number of likely N-dealkylation sites (tertiary alicyclic amines) is 1. The Balaban J connectivity index is 1.51. The van der Waals surface area contributed by atoms with Crippen molar-refractivity contribution in [3.05, 3.63) is 63.7 Å². The van der Waals surface area contributed by atoms with Crippen molar-refractivity contribution < 1.29 is 46.6 Å². The third kappa shape index (κ3) is 6.06. The van der Waals surface area contributed by atoms with Crippen molar-refractivity contribution in [3.8, 4) is 0 Å². The minimum Gasteiger partial charge on any atom is -0.481 e. The maximum atomic E-state index is 15.7. The molecule has 1 aromatic heterocycles. The molecule has 0 amide bonds. The molecule has 2 saturated heterocycles. The molecule has 2 N–H and O–H groups in total. The van der Waals surface area contributed by atoms with Gasteiger partial charge in [0.25, 0.3) is 5.92 Å². The zero-order valence-electron chi connectivity index (χ0n) is 25.1. The first kappa shape index (κ1) is 32.9. The first-order valence-corrected chi connectivity index (χ1v) is 14.4. The van der Waals surface area contributed by atoms with Gasteiger partial charge in [-0.15, -0.1) is 0 Å². The summed E-state index contributed by atoms with van der Waals surface area (Å²) >= 11 is 6.41. The number of aliphatic carboxylic acids is 1. The second kappa shape index (κ2) is 12.4. The van der Waals surface area contributed by atoms with E-state index < -0.39 is 59.9 Å². The van der Waals surface area contributed by atoms with Gasteiger partial charge < -0.3 is 24.3 Å². The number of carbonyl (C=O) groups is 2. The molecular formula is C29H33ClF3N5O7. The van der Waals surface area contributed by atoms with Gasteiger partial charge in [-0.25, -0.2) is 22.9 Å². The largest absolute Gasteiger partial charge is 0.481 e. The molecule has 2 fully saturated rings. The minimum atomic E-state index is -3.28. The van der Waals surface area contributed by atoms with Gasteiger partial charge >= 0.3 is 11.9 Å². The molecule has 244 valence electrons. The van der Waals surface area contributed by atoms with Crippen molar-refractivity contribution in [3.63, 3.8) is 0 Å². The number of carboxylic acid groups (broad SMARTS) is 1. The first-order chi connectivity index (χ1) is 21.2. The van der Waals surface area contributed by atoms with E-state index in [1.807, 2.05) is 0 Å². The number of alkyl halides is 2. The molecule has 0 unspecified atom stereocenters. The number of hydrogen-bond acceptors (Lipinski definition) is 11. The lowest BCUT2D eigenvalue weighted by atomic mass is 9.86. The zero-order chi connectivity index (χ0) is 32.8. The average molecular weight is 656 g/mol. The molecule has 3 aliphatic rings. The number of benzene rings is 1. The van der Waals surface area contributed by atoms with E-state index in [1.165, 1.54) is 51.5 Å². The van der Waals surface area contributed by atoms with E-state index >= 15 is 8.78 Å². The molecule has 4 heterocycles. The summed E-state index contributed by atoms with van der Waals surface area (Å²) in [6, 6.07) is 0.256. The van der Waals surface area contributed by atoms with Crippen LogP contribution < -0.4 is 5.32 Å². The van der Waals surface area contributed by atoms with Gasteiger partial charge in [0.1, 0.15) is 29.4 Å². The fourth-order valence-electron chi connectivity index (χ4n) is 5.93. The van der Waals surface area contributed by atoms with Crippen molar-refractivity contribution in [1.29, 1.82) is 0 Å². The molecule has 0 spiro atoms. The van der Waals surface area contributed by atoms with Crippen LogP contribution in [-0.2, 0) is 23.9 Å². The van der Waals surface area contributed by atoms with Crippen LogP contribution in [0.3, 0.4) is 0 Å². The summed E-state index contributed by atoms with van der Waals surface area (Å²) < 4.78 is 61.2. The van der Waals surface area contributed by atoms with Gasteiger partial charge in [0.05, 0.1) is 49.9 Å². The number of hydrogen-bond donors (Lipinski definition) is 2. The van der Waals surface area contributed by atoms with E-state index in [4.69, 9.17) is 30.3 Å². The molecule has 16 heteroatoms. The van der Waals surface area contributed by atoms with Crippen LogP contribution in [-0.4, -0.2) is 102 Å². The SMILES string of the molecule is COC(=O)C1=C(CN2CC(F)(F)[C@@H]3[C@H]2CON3C[C@H](OC)C(C)(C)C(=O)O)NC(c2ncoc2C)=N[C@H]1c1ccc(F)cc1Cl. The Kier molecular flexibility index (Phi) is 9.03. The molecule has 0 saturated carbocycles. The van der Waals surface area contributed by atoms with Crippen molar-refractivity contribution in [1.82, 2.24) is 20.3 Å². The Bertz CT molecular complexity index is 1550. The van der Waals surface area contributed by atoms with Gasteiger partial charge in [-0.3, -0.25) is 19.5 Å². The number of hydroxylamine groups is 2. The molecule has 1 aromatic carbocycles.